The van der Waals surface area contributed by atoms with Crippen LogP contribution in [-0.2, 0) is 11.2 Å². The molecule has 2 aromatic heterocycles. The summed E-state index contributed by atoms with van der Waals surface area (Å²) in [6, 6.07) is 6.87. The summed E-state index contributed by atoms with van der Waals surface area (Å²) >= 11 is 0. The lowest BCUT2D eigenvalue weighted by molar-refractivity contribution is -0.116. The Morgan fingerprint density at radius 3 is 2.72 bits per heavy atom. The van der Waals surface area contributed by atoms with E-state index in [-0.39, 0.29) is 24.3 Å². The number of nitrogens with one attached hydrogen (secondary N) is 2. The lowest BCUT2D eigenvalue weighted by atomic mass is 10.1. The van der Waals surface area contributed by atoms with Crippen LogP contribution in [0.2, 0.25) is 0 Å². The zero-order chi connectivity index (χ0) is 17.8. The van der Waals surface area contributed by atoms with Crippen molar-refractivity contribution in [2.75, 3.05) is 5.32 Å². The molecule has 3 aromatic rings. The first-order valence-electron chi connectivity index (χ1n) is 7.73. The van der Waals surface area contributed by atoms with Crippen LogP contribution in [0.3, 0.4) is 0 Å². The molecule has 1 aromatic carbocycles. The number of H-pyrrole nitrogens is 1. The summed E-state index contributed by atoms with van der Waals surface area (Å²) in [4.78, 5) is 16.0. The number of aromatic nitrogens is 3. The Balaban J connectivity index is 1.66. The highest BCUT2D eigenvalue weighted by atomic mass is 19.1. The fourth-order valence-electron chi connectivity index (χ4n) is 2.50. The Bertz CT molecular complexity index is 893. The SMILES string of the molecule is Cc1c(NC(=O)CCc2cc(F)ccc2F)n[nH]c1-c1ccncc1. The van der Waals surface area contributed by atoms with Crippen LogP contribution in [0.5, 0.6) is 0 Å². The molecule has 0 aliphatic heterocycles. The van der Waals surface area contributed by atoms with Crippen LogP contribution in [0.25, 0.3) is 11.3 Å². The van der Waals surface area contributed by atoms with Crippen LogP contribution in [-0.4, -0.2) is 21.1 Å². The number of carbonyl (C=O) groups is 1. The molecule has 0 spiro atoms. The van der Waals surface area contributed by atoms with Crippen molar-refractivity contribution in [3.05, 3.63) is 65.5 Å². The maximum Gasteiger partial charge on any atom is 0.225 e. The van der Waals surface area contributed by atoms with Crippen LogP contribution in [0.15, 0.2) is 42.7 Å². The number of aryl methyl sites for hydroxylation is 1. The van der Waals surface area contributed by atoms with E-state index in [0.29, 0.717) is 5.82 Å². The number of hydrogen-bond acceptors (Lipinski definition) is 3. The zero-order valence-electron chi connectivity index (χ0n) is 13.5. The van der Waals surface area contributed by atoms with Crippen molar-refractivity contribution >= 4 is 11.7 Å². The van der Waals surface area contributed by atoms with Gasteiger partial charge in [-0.05, 0) is 49.2 Å². The van der Waals surface area contributed by atoms with Gasteiger partial charge >= 0.3 is 0 Å². The summed E-state index contributed by atoms with van der Waals surface area (Å²) in [6.07, 6.45) is 3.47. The van der Waals surface area contributed by atoms with Crippen molar-refractivity contribution in [1.82, 2.24) is 15.2 Å². The summed E-state index contributed by atoms with van der Waals surface area (Å²) in [5.41, 5.74) is 2.65. The Morgan fingerprint density at radius 2 is 1.96 bits per heavy atom. The van der Waals surface area contributed by atoms with Gasteiger partial charge in [-0.2, -0.15) is 5.10 Å². The molecular formula is C18H16F2N4O. The largest absolute Gasteiger partial charge is 0.309 e. The van der Waals surface area contributed by atoms with Crippen molar-refractivity contribution in [2.24, 2.45) is 0 Å². The number of rotatable bonds is 5. The van der Waals surface area contributed by atoms with Gasteiger partial charge < -0.3 is 5.32 Å². The van der Waals surface area contributed by atoms with Gasteiger partial charge in [-0.1, -0.05) is 0 Å². The monoisotopic (exact) mass is 342 g/mol. The molecule has 0 aliphatic carbocycles. The molecule has 0 bridgehead atoms. The molecule has 2 heterocycles. The molecule has 128 valence electrons. The molecule has 7 heteroatoms. The molecular weight excluding hydrogens is 326 g/mol. The van der Waals surface area contributed by atoms with Gasteiger partial charge in [0.05, 0.1) is 5.69 Å². The maximum atomic E-state index is 13.6. The van der Waals surface area contributed by atoms with Crippen molar-refractivity contribution in [3.63, 3.8) is 0 Å². The second-order valence-corrected chi connectivity index (χ2v) is 5.59. The van der Waals surface area contributed by atoms with Gasteiger partial charge in [0.25, 0.3) is 0 Å². The molecule has 25 heavy (non-hydrogen) atoms. The van der Waals surface area contributed by atoms with Crippen LogP contribution in [0.4, 0.5) is 14.6 Å². The minimum absolute atomic E-state index is 0.0251. The third-order valence-corrected chi connectivity index (χ3v) is 3.87. The fourth-order valence-corrected chi connectivity index (χ4v) is 2.50. The van der Waals surface area contributed by atoms with Gasteiger partial charge in [-0.15, -0.1) is 0 Å². The number of benzene rings is 1. The number of amides is 1. The van der Waals surface area contributed by atoms with E-state index in [0.717, 1.165) is 35.0 Å². The van der Waals surface area contributed by atoms with Gasteiger partial charge in [0.2, 0.25) is 5.91 Å². The number of hydrogen-bond donors (Lipinski definition) is 2. The highest BCUT2D eigenvalue weighted by Gasteiger charge is 2.14. The third-order valence-electron chi connectivity index (χ3n) is 3.87. The topological polar surface area (TPSA) is 70.7 Å². The van der Waals surface area contributed by atoms with E-state index in [2.05, 4.69) is 20.5 Å². The van der Waals surface area contributed by atoms with Crippen LogP contribution in [0.1, 0.15) is 17.5 Å². The number of pyridine rings is 1. The van der Waals surface area contributed by atoms with E-state index < -0.39 is 11.6 Å². The van der Waals surface area contributed by atoms with E-state index in [1.807, 2.05) is 19.1 Å². The van der Waals surface area contributed by atoms with E-state index in [9.17, 15) is 13.6 Å². The van der Waals surface area contributed by atoms with Gasteiger partial charge in [0, 0.05) is 29.9 Å². The molecule has 0 saturated carbocycles. The first kappa shape index (κ1) is 16.8. The van der Waals surface area contributed by atoms with E-state index in [1.54, 1.807) is 12.4 Å². The van der Waals surface area contributed by atoms with Gasteiger partial charge in [0.15, 0.2) is 5.82 Å². The minimum Gasteiger partial charge on any atom is -0.309 e. The average molecular weight is 342 g/mol. The maximum absolute atomic E-state index is 13.6. The van der Waals surface area contributed by atoms with Crippen LogP contribution < -0.4 is 5.32 Å². The second-order valence-electron chi connectivity index (χ2n) is 5.59. The summed E-state index contributed by atoms with van der Waals surface area (Å²) in [5.74, 6) is -0.955. The standard InChI is InChI=1S/C18H16F2N4O/c1-11-17(12-6-8-21-9-7-12)23-24-18(11)22-16(25)5-2-13-10-14(19)3-4-15(13)20/h3-4,6-10H,2,5H2,1H3,(H2,22,23,24,25). The Hall–Kier alpha value is -3.09. The lowest BCUT2D eigenvalue weighted by Crippen LogP contribution is -2.13. The predicted octanol–water partition coefficient (Wildman–Crippen LogP) is 3.63. The van der Waals surface area contributed by atoms with Crippen LogP contribution >= 0.6 is 0 Å². The molecule has 0 fully saturated rings. The minimum atomic E-state index is -0.526. The second kappa shape index (κ2) is 7.21. The zero-order valence-corrected chi connectivity index (χ0v) is 13.5. The van der Waals surface area contributed by atoms with Crippen LogP contribution in [0, 0.1) is 18.6 Å². The van der Waals surface area contributed by atoms with Gasteiger partial charge in [-0.3, -0.25) is 14.9 Å². The van der Waals surface area contributed by atoms with Crippen molar-refractivity contribution in [2.45, 2.75) is 19.8 Å². The summed E-state index contributed by atoms with van der Waals surface area (Å²) in [6.45, 7) is 1.83. The van der Waals surface area contributed by atoms with Crippen molar-refractivity contribution < 1.29 is 13.6 Å². The Kier molecular flexibility index (Phi) is 4.83. The number of nitrogens with zero attached hydrogens (tertiary/aromatic N) is 2. The van der Waals surface area contributed by atoms with E-state index in [1.165, 1.54) is 0 Å². The van der Waals surface area contributed by atoms with Crippen molar-refractivity contribution in [1.29, 1.82) is 0 Å². The number of carbonyl (C=O) groups excluding carboxylic acids is 1. The average Bonchev–Trinajstić information content (AvgIpc) is 2.97. The molecule has 0 aliphatic rings. The molecule has 1 amide bonds. The molecule has 0 radical (unpaired) electrons. The smallest absolute Gasteiger partial charge is 0.225 e. The predicted molar refractivity (Wildman–Crippen MR) is 89.9 cm³/mol. The number of aromatic amines is 1. The molecule has 0 atom stereocenters. The Morgan fingerprint density at radius 1 is 1.20 bits per heavy atom. The molecule has 2 N–H and O–H groups in total. The fraction of sp³-hybridized carbons (Fsp3) is 0.167. The van der Waals surface area contributed by atoms with Crippen molar-refractivity contribution in [3.8, 4) is 11.3 Å². The lowest BCUT2D eigenvalue weighted by Gasteiger charge is -2.05. The highest BCUT2D eigenvalue weighted by Crippen LogP contribution is 2.25. The summed E-state index contributed by atoms with van der Waals surface area (Å²) < 4.78 is 26.7. The highest BCUT2D eigenvalue weighted by molar-refractivity contribution is 5.91. The summed E-state index contributed by atoms with van der Waals surface area (Å²) in [5, 5.41) is 9.68. The molecule has 0 unspecified atom stereocenters. The Labute approximate surface area is 143 Å². The third kappa shape index (κ3) is 3.88. The summed E-state index contributed by atoms with van der Waals surface area (Å²) in [7, 11) is 0. The van der Waals surface area contributed by atoms with Gasteiger partial charge in [-0.25, -0.2) is 8.78 Å². The molecule has 0 saturated heterocycles. The van der Waals surface area contributed by atoms with Gasteiger partial charge in [0.1, 0.15) is 11.6 Å². The quantitative estimate of drug-likeness (QED) is 0.744. The molecule has 5 nitrogen and oxygen atoms in total. The normalized spacial score (nSPS) is 10.7. The first-order chi connectivity index (χ1) is 12.0. The first-order valence-corrected chi connectivity index (χ1v) is 7.73. The molecule has 3 rings (SSSR count). The number of halogens is 2. The van der Waals surface area contributed by atoms with E-state index in [4.69, 9.17) is 0 Å². The van der Waals surface area contributed by atoms with E-state index >= 15 is 0 Å². The number of anilines is 1.